The van der Waals surface area contributed by atoms with E-state index < -0.39 is 20.9 Å². The number of nitro groups is 1. The number of carbonyl (C=O) groups is 1. The molecule has 1 aliphatic rings. The zero-order chi connectivity index (χ0) is 22.1. The Morgan fingerprint density at radius 2 is 2.00 bits per heavy atom. The molecule has 0 radical (unpaired) electrons. The number of halogens is 1. The molecule has 30 heavy (non-hydrogen) atoms. The van der Waals surface area contributed by atoms with Gasteiger partial charge in [-0.1, -0.05) is 24.6 Å². The summed E-state index contributed by atoms with van der Waals surface area (Å²) in [4.78, 5) is 23.0. The molecular formula is C20H22ClN3O5S. The highest BCUT2D eigenvalue weighted by atomic mass is 35.5. The summed E-state index contributed by atoms with van der Waals surface area (Å²) in [6.45, 7) is 4.51. The van der Waals surface area contributed by atoms with E-state index in [-0.39, 0.29) is 32.8 Å². The van der Waals surface area contributed by atoms with Crippen LogP contribution in [0.5, 0.6) is 0 Å². The Morgan fingerprint density at radius 3 is 2.67 bits per heavy atom. The lowest BCUT2D eigenvalue weighted by atomic mass is 10.0. The first-order valence-corrected chi connectivity index (χ1v) is 11.3. The van der Waals surface area contributed by atoms with E-state index in [1.54, 1.807) is 6.92 Å². The number of nitro benzene ring substituents is 1. The molecule has 1 saturated heterocycles. The van der Waals surface area contributed by atoms with Gasteiger partial charge in [-0.15, -0.1) is 0 Å². The van der Waals surface area contributed by atoms with Crippen LogP contribution in [0.3, 0.4) is 0 Å². The molecule has 0 bridgehead atoms. The van der Waals surface area contributed by atoms with Crippen molar-refractivity contribution in [2.45, 2.75) is 31.6 Å². The maximum atomic E-state index is 13.1. The zero-order valence-electron chi connectivity index (χ0n) is 16.6. The van der Waals surface area contributed by atoms with Crippen molar-refractivity contribution < 1.29 is 18.1 Å². The number of rotatable bonds is 5. The number of sulfonamides is 1. The number of carbonyl (C=O) groups excluding carboxylic acids is 1. The number of hydrogen-bond acceptors (Lipinski definition) is 5. The summed E-state index contributed by atoms with van der Waals surface area (Å²) in [5.74, 6) is -0.339. The molecule has 1 atom stereocenters. The Balaban J connectivity index is 1.91. The van der Waals surface area contributed by atoms with Crippen LogP contribution in [-0.4, -0.2) is 36.6 Å². The van der Waals surface area contributed by atoms with Gasteiger partial charge >= 0.3 is 0 Å². The predicted octanol–water partition coefficient (Wildman–Crippen LogP) is 4.23. The van der Waals surface area contributed by atoms with Gasteiger partial charge in [0.2, 0.25) is 10.0 Å². The van der Waals surface area contributed by atoms with Crippen molar-refractivity contribution in [3.05, 3.63) is 62.7 Å². The summed E-state index contributed by atoms with van der Waals surface area (Å²) in [6.07, 6.45) is 1.73. The van der Waals surface area contributed by atoms with Crippen molar-refractivity contribution in [3.63, 3.8) is 0 Å². The largest absolute Gasteiger partial charge is 0.321 e. The van der Waals surface area contributed by atoms with Crippen LogP contribution in [0.2, 0.25) is 5.02 Å². The van der Waals surface area contributed by atoms with Crippen LogP contribution in [-0.2, 0) is 10.0 Å². The lowest BCUT2D eigenvalue weighted by Crippen LogP contribution is -2.39. The van der Waals surface area contributed by atoms with E-state index in [2.05, 4.69) is 5.32 Å². The fraction of sp³-hybridized carbons (Fsp3) is 0.350. The van der Waals surface area contributed by atoms with E-state index in [1.165, 1.54) is 40.7 Å². The third kappa shape index (κ3) is 4.63. The first kappa shape index (κ1) is 22.2. The number of nitrogens with zero attached hydrogens (tertiary/aromatic N) is 2. The Morgan fingerprint density at radius 1 is 1.27 bits per heavy atom. The molecule has 1 aliphatic heterocycles. The van der Waals surface area contributed by atoms with Crippen molar-refractivity contribution >= 4 is 38.9 Å². The quantitative estimate of drug-likeness (QED) is 0.540. The molecule has 0 aliphatic carbocycles. The molecule has 1 fully saturated rings. The molecule has 160 valence electrons. The van der Waals surface area contributed by atoms with Crippen LogP contribution in [0.4, 0.5) is 11.4 Å². The summed E-state index contributed by atoms with van der Waals surface area (Å²) in [5, 5.41) is 13.6. The number of amides is 1. The lowest BCUT2D eigenvalue weighted by molar-refractivity contribution is -0.384. The second-order valence-electron chi connectivity index (χ2n) is 7.47. The molecule has 8 nitrogen and oxygen atoms in total. The second-order valence-corrected chi connectivity index (χ2v) is 9.78. The van der Waals surface area contributed by atoms with Gasteiger partial charge < -0.3 is 5.32 Å². The number of piperidine rings is 1. The number of non-ortho nitro benzene ring substituents is 1. The van der Waals surface area contributed by atoms with Gasteiger partial charge in [-0.2, -0.15) is 4.31 Å². The number of anilines is 1. The second kappa shape index (κ2) is 8.71. The molecule has 1 N–H and O–H groups in total. The van der Waals surface area contributed by atoms with E-state index in [0.29, 0.717) is 18.7 Å². The van der Waals surface area contributed by atoms with E-state index >= 15 is 0 Å². The summed E-state index contributed by atoms with van der Waals surface area (Å²) in [7, 11) is -3.85. The predicted molar refractivity (Wildman–Crippen MR) is 114 cm³/mol. The van der Waals surface area contributed by atoms with E-state index in [1.807, 2.05) is 6.92 Å². The molecule has 10 heteroatoms. The molecule has 0 spiro atoms. The molecule has 1 heterocycles. The van der Waals surface area contributed by atoms with E-state index in [0.717, 1.165) is 12.8 Å². The van der Waals surface area contributed by atoms with Gasteiger partial charge in [-0.25, -0.2) is 8.42 Å². The lowest BCUT2D eigenvalue weighted by Gasteiger charge is -2.30. The van der Waals surface area contributed by atoms with Crippen LogP contribution in [0.1, 0.15) is 35.7 Å². The van der Waals surface area contributed by atoms with E-state index in [9.17, 15) is 23.3 Å². The Hall–Kier alpha value is -2.49. The summed E-state index contributed by atoms with van der Waals surface area (Å²) in [5.41, 5.74) is 0.847. The molecule has 2 aromatic rings. The maximum absolute atomic E-state index is 13.1. The van der Waals surface area contributed by atoms with Gasteiger partial charge in [0.25, 0.3) is 11.6 Å². The van der Waals surface area contributed by atoms with Crippen LogP contribution in [0.25, 0.3) is 0 Å². The topological polar surface area (TPSA) is 110 Å². The number of nitrogens with one attached hydrogen (secondary N) is 1. The molecular weight excluding hydrogens is 430 g/mol. The normalized spacial score (nSPS) is 17.5. The SMILES string of the molecule is Cc1ccc([N+](=O)[O-])cc1NC(=O)c1ccc(Cl)c(S(=O)(=O)N2CCCC(C)C2)c1. The maximum Gasteiger partial charge on any atom is 0.271 e. The van der Waals surface area contributed by atoms with Gasteiger partial charge in [0.05, 0.1) is 15.6 Å². The van der Waals surface area contributed by atoms with Crippen molar-refractivity contribution in [1.29, 1.82) is 0 Å². The highest BCUT2D eigenvalue weighted by molar-refractivity contribution is 7.89. The minimum atomic E-state index is -3.85. The zero-order valence-corrected chi connectivity index (χ0v) is 18.2. The van der Waals surface area contributed by atoms with Gasteiger partial charge in [0.15, 0.2) is 0 Å². The van der Waals surface area contributed by atoms with Crippen LogP contribution >= 0.6 is 11.6 Å². The summed E-state index contributed by atoms with van der Waals surface area (Å²) >= 11 is 6.17. The van der Waals surface area contributed by atoms with Crippen molar-refractivity contribution in [2.75, 3.05) is 18.4 Å². The van der Waals surface area contributed by atoms with Gasteiger partial charge in [-0.3, -0.25) is 14.9 Å². The molecule has 2 aromatic carbocycles. The Kier molecular flexibility index (Phi) is 6.44. The average Bonchev–Trinajstić information content (AvgIpc) is 2.69. The van der Waals surface area contributed by atoms with Gasteiger partial charge in [-0.05, 0) is 49.4 Å². The van der Waals surface area contributed by atoms with Crippen molar-refractivity contribution in [3.8, 4) is 0 Å². The van der Waals surface area contributed by atoms with Crippen LogP contribution < -0.4 is 5.32 Å². The Labute approximate surface area is 180 Å². The molecule has 3 rings (SSSR count). The smallest absolute Gasteiger partial charge is 0.271 e. The first-order chi connectivity index (χ1) is 14.1. The monoisotopic (exact) mass is 451 g/mol. The van der Waals surface area contributed by atoms with Gasteiger partial charge in [0.1, 0.15) is 4.90 Å². The number of aryl methyl sites for hydroxylation is 1. The summed E-state index contributed by atoms with van der Waals surface area (Å²) < 4.78 is 27.6. The third-order valence-electron chi connectivity index (χ3n) is 5.11. The minimum absolute atomic E-state index is 0.0382. The average molecular weight is 452 g/mol. The molecule has 0 aromatic heterocycles. The molecule has 0 saturated carbocycles. The van der Waals surface area contributed by atoms with Gasteiger partial charge in [0, 0.05) is 30.8 Å². The fourth-order valence-electron chi connectivity index (χ4n) is 3.40. The van der Waals surface area contributed by atoms with Crippen molar-refractivity contribution in [1.82, 2.24) is 4.31 Å². The minimum Gasteiger partial charge on any atom is -0.321 e. The van der Waals surface area contributed by atoms with E-state index in [4.69, 9.17) is 11.6 Å². The Bertz CT molecular complexity index is 1100. The van der Waals surface area contributed by atoms with Crippen LogP contribution in [0, 0.1) is 23.0 Å². The highest BCUT2D eigenvalue weighted by Gasteiger charge is 2.31. The number of benzene rings is 2. The summed E-state index contributed by atoms with van der Waals surface area (Å²) in [6, 6.07) is 8.18. The molecule has 1 unspecified atom stereocenters. The third-order valence-corrected chi connectivity index (χ3v) is 7.46. The highest BCUT2D eigenvalue weighted by Crippen LogP contribution is 2.30. The van der Waals surface area contributed by atoms with Crippen LogP contribution in [0.15, 0.2) is 41.3 Å². The fourth-order valence-corrected chi connectivity index (χ4v) is 5.50. The standard InChI is InChI=1S/C20H22ClN3O5S/c1-13-4-3-9-23(12-13)30(28,29)19-10-15(6-8-17(19)21)20(25)22-18-11-16(24(26)27)7-5-14(18)2/h5-8,10-11,13H,3-4,9,12H2,1-2H3,(H,22,25). The van der Waals surface area contributed by atoms with Crippen molar-refractivity contribution in [2.24, 2.45) is 5.92 Å². The number of hydrogen-bond donors (Lipinski definition) is 1. The first-order valence-electron chi connectivity index (χ1n) is 9.45. The molecule has 1 amide bonds.